The van der Waals surface area contributed by atoms with Gasteiger partial charge in [-0.3, -0.25) is 4.79 Å². The van der Waals surface area contributed by atoms with E-state index < -0.39 is 5.97 Å². The molecule has 7 heteroatoms. The first-order chi connectivity index (χ1) is 9.15. The van der Waals surface area contributed by atoms with Crippen molar-refractivity contribution >= 4 is 5.97 Å². The maximum atomic E-state index is 10.4. The van der Waals surface area contributed by atoms with E-state index in [9.17, 15) is 4.79 Å². The molecule has 2 aromatic rings. The van der Waals surface area contributed by atoms with Gasteiger partial charge in [-0.2, -0.15) is 0 Å². The lowest BCUT2D eigenvalue weighted by molar-refractivity contribution is -0.135. The van der Waals surface area contributed by atoms with Crippen molar-refractivity contribution in [3.05, 3.63) is 35.7 Å². The molecule has 0 unspecified atom stereocenters. The molecule has 0 spiro atoms. The number of nitrogens with zero attached hydrogens (tertiary/aromatic N) is 4. The maximum Gasteiger partial charge on any atom is 0.317 e. The first-order valence-corrected chi connectivity index (χ1v) is 5.69. The third kappa shape index (κ3) is 3.78. The summed E-state index contributed by atoms with van der Waals surface area (Å²) in [4.78, 5) is 10.4. The van der Waals surface area contributed by atoms with Gasteiger partial charge in [0.05, 0.1) is 6.54 Å². The van der Waals surface area contributed by atoms with Crippen LogP contribution in [-0.2, 0) is 11.3 Å². The number of aliphatic carboxylic acids is 1. The summed E-state index contributed by atoms with van der Waals surface area (Å²) in [6.45, 7) is 2.34. The molecule has 0 aliphatic carbocycles. The average molecular weight is 259 g/mol. The summed E-state index contributed by atoms with van der Waals surface area (Å²) in [5.74, 6) is -0.432. The van der Waals surface area contributed by atoms with Crippen LogP contribution in [0.5, 0.6) is 0 Å². The van der Waals surface area contributed by atoms with Crippen molar-refractivity contribution in [3.8, 4) is 11.4 Å². The highest BCUT2D eigenvalue weighted by atomic mass is 16.4. The molecule has 0 amide bonds. The Morgan fingerprint density at radius 1 is 1.26 bits per heavy atom. The lowest BCUT2D eigenvalue weighted by atomic mass is 10.1. The Hall–Kier alpha value is -2.41. The second-order valence-electron chi connectivity index (χ2n) is 4.07. The Kier molecular flexibility index (Phi) is 4.09. The van der Waals surface area contributed by atoms with E-state index in [1.807, 2.05) is 25.1 Å². The van der Waals surface area contributed by atoms with Crippen molar-refractivity contribution in [3.63, 3.8) is 0 Å². The minimum Gasteiger partial charge on any atom is -0.480 e. The van der Waals surface area contributed by atoms with Crippen LogP contribution in [0.4, 0.5) is 0 Å². The lowest BCUT2D eigenvalue weighted by Crippen LogP contribution is -2.21. The molecule has 2 N–H and O–H groups in total. The first-order valence-electron chi connectivity index (χ1n) is 5.69. The molecule has 1 aromatic heterocycles. The number of rotatable bonds is 5. The number of nitrogens with one attached hydrogen (secondary N) is 1. The standard InChI is InChI=1S/C12H13N5O2/c1-8-2-9(5-13-6-11(18)19)4-10(3-8)12-16-14-7-15-17-12/h2-4,7,13H,5-6H2,1H3,(H,18,19). The van der Waals surface area contributed by atoms with E-state index in [0.717, 1.165) is 16.7 Å². The van der Waals surface area contributed by atoms with Gasteiger partial charge in [0.2, 0.25) is 5.82 Å². The van der Waals surface area contributed by atoms with Crippen LogP contribution >= 0.6 is 0 Å². The molecule has 1 heterocycles. The molecule has 0 radical (unpaired) electrons. The van der Waals surface area contributed by atoms with E-state index in [4.69, 9.17) is 5.11 Å². The number of benzene rings is 1. The summed E-state index contributed by atoms with van der Waals surface area (Å²) in [6, 6.07) is 5.79. The summed E-state index contributed by atoms with van der Waals surface area (Å²) >= 11 is 0. The summed E-state index contributed by atoms with van der Waals surface area (Å²) < 4.78 is 0. The zero-order valence-electron chi connectivity index (χ0n) is 10.4. The zero-order chi connectivity index (χ0) is 13.7. The summed E-state index contributed by atoms with van der Waals surface area (Å²) in [7, 11) is 0. The second-order valence-corrected chi connectivity index (χ2v) is 4.07. The first kappa shape index (κ1) is 13.0. The molecule has 0 fully saturated rings. The molecule has 7 nitrogen and oxygen atoms in total. The van der Waals surface area contributed by atoms with Crippen LogP contribution in [0.1, 0.15) is 11.1 Å². The third-order valence-electron chi connectivity index (χ3n) is 2.41. The van der Waals surface area contributed by atoms with E-state index in [2.05, 4.69) is 25.7 Å². The molecule has 0 bridgehead atoms. The van der Waals surface area contributed by atoms with Crippen LogP contribution in [-0.4, -0.2) is 38.0 Å². The van der Waals surface area contributed by atoms with Crippen LogP contribution in [0.25, 0.3) is 11.4 Å². The smallest absolute Gasteiger partial charge is 0.317 e. The van der Waals surface area contributed by atoms with E-state index in [1.165, 1.54) is 6.33 Å². The molecule has 0 atom stereocenters. The zero-order valence-corrected chi connectivity index (χ0v) is 10.4. The third-order valence-corrected chi connectivity index (χ3v) is 2.41. The highest BCUT2D eigenvalue weighted by Gasteiger charge is 2.05. The quantitative estimate of drug-likeness (QED) is 0.802. The van der Waals surface area contributed by atoms with E-state index >= 15 is 0 Å². The Bertz CT molecular complexity index is 574. The van der Waals surface area contributed by atoms with Gasteiger partial charge in [0, 0.05) is 12.1 Å². The van der Waals surface area contributed by atoms with Crippen molar-refractivity contribution in [1.82, 2.24) is 25.7 Å². The van der Waals surface area contributed by atoms with Gasteiger partial charge >= 0.3 is 5.97 Å². The summed E-state index contributed by atoms with van der Waals surface area (Å²) in [6.07, 6.45) is 1.27. The van der Waals surface area contributed by atoms with Crippen molar-refractivity contribution in [2.24, 2.45) is 0 Å². The van der Waals surface area contributed by atoms with Crippen LogP contribution in [0.15, 0.2) is 24.5 Å². The molecule has 0 saturated heterocycles. The van der Waals surface area contributed by atoms with Crippen molar-refractivity contribution in [2.45, 2.75) is 13.5 Å². The molecule has 0 aliphatic rings. The fourth-order valence-corrected chi connectivity index (χ4v) is 1.73. The number of hydrogen-bond acceptors (Lipinski definition) is 6. The monoisotopic (exact) mass is 259 g/mol. The second kappa shape index (κ2) is 5.96. The van der Waals surface area contributed by atoms with Crippen molar-refractivity contribution < 1.29 is 9.90 Å². The fraction of sp³-hybridized carbons (Fsp3) is 0.250. The maximum absolute atomic E-state index is 10.4. The topological polar surface area (TPSA) is 101 Å². The number of aromatic nitrogens is 4. The van der Waals surface area contributed by atoms with Crippen molar-refractivity contribution in [1.29, 1.82) is 0 Å². The molecule has 1 aromatic carbocycles. The SMILES string of the molecule is Cc1cc(CNCC(=O)O)cc(-c2nncnn2)c1. The molecule has 0 aliphatic heterocycles. The minimum atomic E-state index is -0.882. The number of aryl methyl sites for hydroxylation is 1. The van der Waals surface area contributed by atoms with E-state index in [0.29, 0.717) is 12.4 Å². The Morgan fingerprint density at radius 3 is 2.68 bits per heavy atom. The van der Waals surface area contributed by atoms with E-state index in [1.54, 1.807) is 0 Å². The number of carboxylic acids is 1. The largest absolute Gasteiger partial charge is 0.480 e. The molecular formula is C12H13N5O2. The number of carbonyl (C=O) groups is 1. The van der Waals surface area contributed by atoms with Gasteiger partial charge in [-0.05, 0) is 24.6 Å². The van der Waals surface area contributed by atoms with Gasteiger partial charge in [-0.15, -0.1) is 20.4 Å². The predicted octanol–water partition coefficient (Wildman–Crippen LogP) is 0.416. The van der Waals surface area contributed by atoms with Gasteiger partial charge in [-0.25, -0.2) is 0 Å². The summed E-state index contributed by atoms with van der Waals surface area (Å²) in [5, 5.41) is 26.6. The van der Waals surface area contributed by atoms with E-state index in [-0.39, 0.29) is 6.54 Å². The lowest BCUT2D eigenvalue weighted by Gasteiger charge is -2.06. The number of hydrogen-bond donors (Lipinski definition) is 2. The Balaban J connectivity index is 2.18. The van der Waals surface area contributed by atoms with Gasteiger partial charge < -0.3 is 10.4 Å². The number of carboxylic acid groups (broad SMARTS) is 1. The van der Waals surface area contributed by atoms with Gasteiger partial charge in [0.25, 0.3) is 0 Å². The molecule has 0 saturated carbocycles. The molecule has 2 rings (SSSR count). The highest BCUT2D eigenvalue weighted by Crippen LogP contribution is 2.17. The molecular weight excluding hydrogens is 246 g/mol. The highest BCUT2D eigenvalue weighted by molar-refractivity contribution is 5.69. The Morgan fingerprint density at radius 2 is 2.00 bits per heavy atom. The molecule has 98 valence electrons. The Labute approximate surface area is 109 Å². The normalized spacial score (nSPS) is 10.4. The van der Waals surface area contributed by atoms with Crippen molar-refractivity contribution in [2.75, 3.05) is 6.54 Å². The minimum absolute atomic E-state index is 0.0752. The average Bonchev–Trinajstić information content (AvgIpc) is 2.39. The predicted molar refractivity (Wildman–Crippen MR) is 67.1 cm³/mol. The summed E-state index contributed by atoms with van der Waals surface area (Å²) in [5.41, 5.74) is 2.81. The van der Waals surface area contributed by atoms with Gasteiger partial charge in [0.15, 0.2) is 6.33 Å². The van der Waals surface area contributed by atoms with Crippen LogP contribution in [0.2, 0.25) is 0 Å². The fourth-order valence-electron chi connectivity index (χ4n) is 1.73. The van der Waals surface area contributed by atoms with Crippen LogP contribution < -0.4 is 5.32 Å². The van der Waals surface area contributed by atoms with Gasteiger partial charge in [0.1, 0.15) is 0 Å². The molecule has 19 heavy (non-hydrogen) atoms. The van der Waals surface area contributed by atoms with Crippen LogP contribution in [0.3, 0.4) is 0 Å². The van der Waals surface area contributed by atoms with Crippen LogP contribution in [0, 0.1) is 6.92 Å². The van der Waals surface area contributed by atoms with Gasteiger partial charge in [-0.1, -0.05) is 11.6 Å².